The third-order valence-electron chi connectivity index (χ3n) is 6.25. The predicted octanol–water partition coefficient (Wildman–Crippen LogP) is 8.09. The van der Waals surface area contributed by atoms with E-state index in [1.807, 2.05) is 12.1 Å². The van der Waals surface area contributed by atoms with Crippen LogP contribution < -0.4 is 0 Å². The lowest BCUT2D eigenvalue weighted by atomic mass is 9.96. The predicted molar refractivity (Wildman–Crippen MR) is 138 cm³/mol. The van der Waals surface area contributed by atoms with Gasteiger partial charge in [-0.25, -0.2) is 9.97 Å². The van der Waals surface area contributed by atoms with Crippen LogP contribution in [-0.4, -0.2) is 9.97 Å². The quantitative estimate of drug-likeness (QED) is 0.269. The van der Waals surface area contributed by atoms with Crippen LogP contribution in [-0.2, 0) is 0 Å². The van der Waals surface area contributed by atoms with E-state index in [9.17, 15) is 0 Å². The minimum atomic E-state index is 0.750. The van der Waals surface area contributed by atoms with Gasteiger partial charge in [0.05, 0.1) is 11.4 Å². The molecular formula is C31H22N2. The zero-order valence-electron chi connectivity index (χ0n) is 18.4. The van der Waals surface area contributed by atoms with Crippen molar-refractivity contribution in [2.24, 2.45) is 0 Å². The van der Waals surface area contributed by atoms with E-state index in [1.165, 1.54) is 16.2 Å². The van der Waals surface area contributed by atoms with Gasteiger partial charge in [-0.05, 0) is 34.5 Å². The smallest absolute Gasteiger partial charge is 0.161 e. The minimum Gasteiger partial charge on any atom is -0.228 e. The maximum atomic E-state index is 5.14. The fourth-order valence-electron chi connectivity index (χ4n) is 4.63. The molecule has 0 N–H and O–H groups in total. The Hall–Kier alpha value is -4.30. The van der Waals surface area contributed by atoms with E-state index in [1.54, 1.807) is 0 Å². The van der Waals surface area contributed by atoms with E-state index in [4.69, 9.17) is 9.97 Å². The summed E-state index contributed by atoms with van der Waals surface area (Å²) in [5, 5.41) is 4.82. The van der Waals surface area contributed by atoms with Crippen LogP contribution in [0, 0.1) is 6.92 Å². The molecule has 5 aromatic carbocycles. The molecule has 0 spiro atoms. The van der Waals surface area contributed by atoms with Gasteiger partial charge in [0, 0.05) is 22.3 Å². The summed E-state index contributed by atoms with van der Waals surface area (Å²) in [6.45, 7) is 2.12. The van der Waals surface area contributed by atoms with Crippen molar-refractivity contribution < 1.29 is 0 Å². The van der Waals surface area contributed by atoms with Gasteiger partial charge in [0.2, 0.25) is 0 Å². The van der Waals surface area contributed by atoms with Gasteiger partial charge in [-0.3, -0.25) is 0 Å². The molecule has 0 aliphatic carbocycles. The topological polar surface area (TPSA) is 25.8 Å². The van der Waals surface area contributed by atoms with Crippen molar-refractivity contribution in [2.75, 3.05) is 0 Å². The number of nitrogens with zero attached hydrogens (tertiary/aromatic N) is 2. The molecule has 0 bridgehead atoms. The Bertz CT molecular complexity index is 1540. The Labute approximate surface area is 193 Å². The first kappa shape index (κ1) is 19.4. The Morgan fingerprint density at radius 3 is 1.58 bits per heavy atom. The SMILES string of the molecule is Cc1c(-c2ccccc2)nc(-c2cc3ccccc3c3ccccc23)nc1-c1ccccc1. The maximum Gasteiger partial charge on any atom is 0.161 e. The van der Waals surface area contributed by atoms with Crippen LogP contribution in [0.15, 0.2) is 115 Å². The molecule has 0 fully saturated rings. The number of rotatable bonds is 3. The molecule has 6 rings (SSSR count). The number of hydrogen-bond donors (Lipinski definition) is 0. The third-order valence-corrected chi connectivity index (χ3v) is 6.25. The highest BCUT2D eigenvalue weighted by molar-refractivity contribution is 6.13. The van der Waals surface area contributed by atoms with E-state index in [0.717, 1.165) is 44.9 Å². The van der Waals surface area contributed by atoms with Gasteiger partial charge in [-0.1, -0.05) is 109 Å². The second kappa shape index (κ2) is 7.99. The molecule has 33 heavy (non-hydrogen) atoms. The average molecular weight is 423 g/mol. The van der Waals surface area contributed by atoms with Gasteiger partial charge in [0.15, 0.2) is 5.82 Å². The summed E-state index contributed by atoms with van der Waals surface area (Å²) >= 11 is 0. The van der Waals surface area contributed by atoms with Crippen LogP contribution in [0.4, 0.5) is 0 Å². The minimum absolute atomic E-state index is 0.750. The largest absolute Gasteiger partial charge is 0.228 e. The highest BCUT2D eigenvalue weighted by Gasteiger charge is 2.17. The number of benzene rings is 5. The van der Waals surface area contributed by atoms with E-state index in [2.05, 4.69) is 110 Å². The third kappa shape index (κ3) is 3.37. The highest BCUT2D eigenvalue weighted by atomic mass is 14.9. The van der Waals surface area contributed by atoms with E-state index < -0.39 is 0 Å². The van der Waals surface area contributed by atoms with Crippen molar-refractivity contribution in [1.29, 1.82) is 0 Å². The zero-order chi connectivity index (χ0) is 22.2. The molecule has 0 amide bonds. The summed E-state index contributed by atoms with van der Waals surface area (Å²) in [4.78, 5) is 10.3. The molecule has 0 unspecified atom stereocenters. The second-order valence-electron chi connectivity index (χ2n) is 8.29. The van der Waals surface area contributed by atoms with Crippen molar-refractivity contribution in [3.8, 4) is 33.9 Å². The Morgan fingerprint density at radius 1 is 0.485 bits per heavy atom. The van der Waals surface area contributed by atoms with Gasteiger partial charge in [0.1, 0.15) is 0 Å². The maximum absolute atomic E-state index is 5.14. The van der Waals surface area contributed by atoms with Gasteiger partial charge < -0.3 is 0 Å². The summed E-state index contributed by atoms with van der Waals surface area (Å²) < 4.78 is 0. The molecular weight excluding hydrogens is 400 g/mol. The van der Waals surface area contributed by atoms with Crippen molar-refractivity contribution in [2.45, 2.75) is 6.92 Å². The molecule has 0 saturated heterocycles. The zero-order valence-corrected chi connectivity index (χ0v) is 18.4. The van der Waals surface area contributed by atoms with Gasteiger partial charge >= 0.3 is 0 Å². The van der Waals surface area contributed by atoms with Crippen molar-refractivity contribution >= 4 is 21.5 Å². The number of aromatic nitrogens is 2. The fraction of sp³-hybridized carbons (Fsp3) is 0.0323. The number of fused-ring (bicyclic) bond motifs is 3. The van der Waals surface area contributed by atoms with Crippen molar-refractivity contribution in [3.63, 3.8) is 0 Å². The molecule has 1 heterocycles. The van der Waals surface area contributed by atoms with Crippen LogP contribution in [0.1, 0.15) is 5.56 Å². The first-order valence-electron chi connectivity index (χ1n) is 11.2. The van der Waals surface area contributed by atoms with Crippen LogP contribution in [0.25, 0.3) is 55.4 Å². The number of hydrogen-bond acceptors (Lipinski definition) is 2. The Morgan fingerprint density at radius 2 is 0.970 bits per heavy atom. The molecule has 0 radical (unpaired) electrons. The molecule has 2 heteroatoms. The lowest BCUT2D eigenvalue weighted by molar-refractivity contribution is 1.15. The fourth-order valence-corrected chi connectivity index (χ4v) is 4.63. The highest BCUT2D eigenvalue weighted by Crippen LogP contribution is 2.37. The normalized spacial score (nSPS) is 11.2. The molecule has 6 aromatic rings. The summed E-state index contributed by atoms with van der Waals surface area (Å²) in [5.41, 5.74) is 6.27. The molecule has 0 saturated carbocycles. The molecule has 0 atom stereocenters. The van der Waals surface area contributed by atoms with E-state index in [-0.39, 0.29) is 0 Å². The molecule has 156 valence electrons. The first-order valence-corrected chi connectivity index (χ1v) is 11.2. The van der Waals surface area contributed by atoms with Crippen LogP contribution >= 0.6 is 0 Å². The lowest BCUT2D eigenvalue weighted by Gasteiger charge is -2.15. The molecule has 0 aliphatic rings. The molecule has 1 aromatic heterocycles. The summed E-state index contributed by atoms with van der Waals surface area (Å²) in [5.74, 6) is 0.750. The lowest BCUT2D eigenvalue weighted by Crippen LogP contribution is -2.00. The standard InChI is InChI=1S/C31H22N2/c1-21-29(22-12-4-2-5-13-22)32-31(33-30(21)23-14-6-3-7-15-23)28-20-24-16-8-9-17-25(24)26-18-10-11-19-27(26)28/h2-20H,1H3. The molecule has 0 aliphatic heterocycles. The Kier molecular flexibility index (Phi) is 4.70. The van der Waals surface area contributed by atoms with Crippen molar-refractivity contribution in [1.82, 2.24) is 9.97 Å². The van der Waals surface area contributed by atoms with E-state index >= 15 is 0 Å². The van der Waals surface area contributed by atoms with Gasteiger partial charge in [0.25, 0.3) is 0 Å². The summed E-state index contributed by atoms with van der Waals surface area (Å²) in [7, 11) is 0. The second-order valence-corrected chi connectivity index (χ2v) is 8.29. The average Bonchev–Trinajstić information content (AvgIpc) is 2.89. The Balaban J connectivity index is 1.71. The van der Waals surface area contributed by atoms with Gasteiger partial charge in [-0.15, -0.1) is 0 Å². The molecule has 2 nitrogen and oxygen atoms in total. The monoisotopic (exact) mass is 422 g/mol. The van der Waals surface area contributed by atoms with Gasteiger partial charge in [-0.2, -0.15) is 0 Å². The van der Waals surface area contributed by atoms with Crippen LogP contribution in [0.3, 0.4) is 0 Å². The summed E-state index contributed by atoms with van der Waals surface area (Å²) in [6, 6.07) is 40.1. The summed E-state index contributed by atoms with van der Waals surface area (Å²) in [6.07, 6.45) is 0. The van der Waals surface area contributed by atoms with Crippen LogP contribution in [0.2, 0.25) is 0 Å². The van der Waals surface area contributed by atoms with Crippen LogP contribution in [0.5, 0.6) is 0 Å². The van der Waals surface area contributed by atoms with Crippen molar-refractivity contribution in [3.05, 3.63) is 121 Å². The first-order chi connectivity index (χ1) is 16.3. The van der Waals surface area contributed by atoms with E-state index in [0.29, 0.717) is 0 Å².